The van der Waals surface area contributed by atoms with Crippen LogP contribution in [0.25, 0.3) is 10.9 Å². The number of anilines is 1. The Hall–Kier alpha value is -2.44. The normalized spacial score (nSPS) is 18.6. The van der Waals surface area contributed by atoms with Crippen molar-refractivity contribution in [2.45, 2.75) is 24.9 Å². The maximum Gasteiger partial charge on any atom is 0.336 e. The van der Waals surface area contributed by atoms with Crippen LogP contribution in [0.15, 0.2) is 41.8 Å². The fraction of sp³-hybridized carbons (Fsp3) is 0.333. The summed E-state index contributed by atoms with van der Waals surface area (Å²) >= 11 is 1.83. The van der Waals surface area contributed by atoms with E-state index in [1.165, 1.54) is 10.4 Å². The van der Waals surface area contributed by atoms with Crippen molar-refractivity contribution in [1.82, 2.24) is 4.98 Å². The Bertz CT molecular complexity index is 1020. The monoisotopic (exact) mass is 380 g/mol. The number of aromatic nitrogens is 1. The Morgan fingerprint density at radius 2 is 2.04 bits per heavy atom. The highest BCUT2D eigenvalue weighted by atomic mass is 32.1. The predicted octanol–water partition coefficient (Wildman–Crippen LogP) is 4.06. The van der Waals surface area contributed by atoms with E-state index >= 15 is 0 Å². The van der Waals surface area contributed by atoms with Crippen LogP contribution < -0.4 is 4.90 Å². The number of para-hydroxylation sites is 1. The molecule has 3 aromatic rings. The SMILES string of the molecule is O=C(O)c1cc(N2CCC3(CC2)OCCc2sccc23)nc2ccccc12. The Morgan fingerprint density at radius 3 is 2.85 bits per heavy atom. The van der Waals surface area contributed by atoms with Crippen molar-refractivity contribution in [3.05, 3.63) is 57.8 Å². The lowest BCUT2D eigenvalue weighted by Gasteiger charge is -2.44. The van der Waals surface area contributed by atoms with Crippen molar-refractivity contribution in [2.75, 3.05) is 24.6 Å². The molecule has 2 aromatic heterocycles. The van der Waals surface area contributed by atoms with E-state index in [2.05, 4.69) is 16.3 Å². The van der Waals surface area contributed by atoms with Gasteiger partial charge in [0, 0.05) is 29.8 Å². The number of piperidine rings is 1. The van der Waals surface area contributed by atoms with E-state index in [0.717, 1.165) is 50.3 Å². The summed E-state index contributed by atoms with van der Waals surface area (Å²) in [6, 6.07) is 11.4. The number of aromatic carboxylic acids is 1. The van der Waals surface area contributed by atoms with Crippen LogP contribution in [0.2, 0.25) is 0 Å². The number of fused-ring (bicyclic) bond motifs is 3. The van der Waals surface area contributed by atoms with E-state index in [4.69, 9.17) is 9.72 Å². The molecule has 27 heavy (non-hydrogen) atoms. The number of pyridine rings is 1. The lowest BCUT2D eigenvalue weighted by molar-refractivity contribution is -0.0757. The smallest absolute Gasteiger partial charge is 0.336 e. The van der Waals surface area contributed by atoms with Gasteiger partial charge in [-0.25, -0.2) is 9.78 Å². The number of carboxylic acid groups (broad SMARTS) is 1. The number of rotatable bonds is 2. The molecular weight excluding hydrogens is 360 g/mol. The zero-order valence-electron chi connectivity index (χ0n) is 14.9. The number of carboxylic acids is 1. The van der Waals surface area contributed by atoms with Crippen LogP contribution in [0.3, 0.4) is 0 Å². The molecule has 5 nitrogen and oxygen atoms in total. The largest absolute Gasteiger partial charge is 0.478 e. The Kier molecular flexibility index (Phi) is 3.91. The molecule has 0 amide bonds. The van der Waals surface area contributed by atoms with Gasteiger partial charge in [-0.2, -0.15) is 0 Å². The van der Waals surface area contributed by atoms with Gasteiger partial charge < -0.3 is 14.7 Å². The van der Waals surface area contributed by atoms with Gasteiger partial charge >= 0.3 is 5.97 Å². The molecule has 0 saturated carbocycles. The molecule has 4 heterocycles. The van der Waals surface area contributed by atoms with Gasteiger partial charge in [0.2, 0.25) is 0 Å². The van der Waals surface area contributed by atoms with E-state index < -0.39 is 5.97 Å². The molecule has 2 aliphatic heterocycles. The molecule has 0 aliphatic carbocycles. The number of nitrogens with zero attached hydrogens (tertiary/aromatic N) is 2. The highest BCUT2D eigenvalue weighted by Crippen LogP contribution is 2.44. The molecule has 2 aliphatic rings. The van der Waals surface area contributed by atoms with Crippen molar-refractivity contribution in [1.29, 1.82) is 0 Å². The first-order chi connectivity index (χ1) is 13.2. The van der Waals surface area contributed by atoms with Crippen LogP contribution in [-0.2, 0) is 16.8 Å². The fourth-order valence-corrected chi connectivity index (χ4v) is 5.32. The molecule has 1 fully saturated rings. The first-order valence-corrected chi connectivity index (χ1v) is 10.1. The van der Waals surface area contributed by atoms with Crippen LogP contribution in [0.5, 0.6) is 0 Å². The third-order valence-electron chi connectivity index (χ3n) is 5.77. The van der Waals surface area contributed by atoms with Crippen LogP contribution in [0.1, 0.15) is 33.6 Å². The molecular formula is C21H20N2O3S. The van der Waals surface area contributed by atoms with E-state index in [1.54, 1.807) is 6.07 Å². The Labute approximate surface area is 161 Å². The minimum absolute atomic E-state index is 0.184. The van der Waals surface area contributed by atoms with Gasteiger partial charge in [-0.15, -0.1) is 11.3 Å². The van der Waals surface area contributed by atoms with E-state index in [1.807, 2.05) is 35.6 Å². The third-order valence-corrected chi connectivity index (χ3v) is 6.75. The number of carbonyl (C=O) groups is 1. The summed E-state index contributed by atoms with van der Waals surface area (Å²) in [5, 5.41) is 12.5. The first-order valence-electron chi connectivity index (χ1n) is 9.25. The maximum absolute atomic E-state index is 11.7. The van der Waals surface area contributed by atoms with Crippen LogP contribution in [0.4, 0.5) is 5.82 Å². The molecule has 0 atom stereocenters. The highest BCUT2D eigenvalue weighted by Gasteiger charge is 2.41. The quantitative estimate of drug-likeness (QED) is 0.726. The van der Waals surface area contributed by atoms with Gasteiger partial charge in [-0.3, -0.25) is 0 Å². The van der Waals surface area contributed by atoms with E-state index in [0.29, 0.717) is 10.9 Å². The van der Waals surface area contributed by atoms with Crippen LogP contribution >= 0.6 is 11.3 Å². The summed E-state index contributed by atoms with van der Waals surface area (Å²) in [7, 11) is 0. The van der Waals surface area contributed by atoms with Gasteiger partial charge in [-0.05, 0) is 42.0 Å². The maximum atomic E-state index is 11.7. The second-order valence-corrected chi connectivity index (χ2v) is 8.19. The first kappa shape index (κ1) is 16.7. The minimum atomic E-state index is -0.915. The van der Waals surface area contributed by atoms with E-state index in [-0.39, 0.29) is 5.60 Å². The molecule has 1 spiro atoms. The fourth-order valence-electron chi connectivity index (χ4n) is 4.37. The standard InChI is InChI=1S/C21H20N2O3S/c24-20(25)15-13-19(22-17-4-2-1-3-14(15)17)23-9-7-21(8-10-23)16-6-12-27-18(16)5-11-26-21/h1-4,6,12-13H,5,7-11H2,(H,24,25). The Morgan fingerprint density at radius 1 is 1.22 bits per heavy atom. The molecule has 0 bridgehead atoms. The second kappa shape index (κ2) is 6.32. The molecule has 1 N–H and O–H groups in total. The number of thiophene rings is 1. The van der Waals surface area contributed by atoms with Gasteiger partial charge in [0.25, 0.3) is 0 Å². The predicted molar refractivity (Wildman–Crippen MR) is 106 cm³/mol. The topological polar surface area (TPSA) is 62.7 Å². The van der Waals surface area contributed by atoms with Gasteiger partial charge in [0.15, 0.2) is 0 Å². The Balaban J connectivity index is 1.46. The van der Waals surface area contributed by atoms with Gasteiger partial charge in [-0.1, -0.05) is 18.2 Å². The molecule has 5 rings (SSSR count). The van der Waals surface area contributed by atoms with Crippen molar-refractivity contribution in [3.8, 4) is 0 Å². The van der Waals surface area contributed by atoms with Gasteiger partial charge in [0.05, 0.1) is 23.3 Å². The number of ether oxygens (including phenoxy) is 1. The van der Waals surface area contributed by atoms with Crippen molar-refractivity contribution < 1.29 is 14.6 Å². The summed E-state index contributed by atoms with van der Waals surface area (Å²) in [4.78, 5) is 20.1. The summed E-state index contributed by atoms with van der Waals surface area (Å²) in [5.41, 5.74) is 2.21. The van der Waals surface area contributed by atoms with Crippen LogP contribution in [-0.4, -0.2) is 35.8 Å². The number of hydrogen-bond acceptors (Lipinski definition) is 5. The average Bonchev–Trinajstić information content (AvgIpc) is 3.18. The lowest BCUT2D eigenvalue weighted by Crippen LogP contribution is -2.46. The number of hydrogen-bond donors (Lipinski definition) is 1. The molecule has 0 unspecified atom stereocenters. The highest BCUT2D eigenvalue weighted by molar-refractivity contribution is 7.10. The molecule has 6 heteroatoms. The van der Waals surface area contributed by atoms with Crippen molar-refractivity contribution in [2.24, 2.45) is 0 Å². The minimum Gasteiger partial charge on any atom is -0.478 e. The summed E-state index contributed by atoms with van der Waals surface area (Å²) in [6.45, 7) is 2.39. The van der Waals surface area contributed by atoms with Gasteiger partial charge in [0.1, 0.15) is 5.82 Å². The van der Waals surface area contributed by atoms with E-state index in [9.17, 15) is 9.90 Å². The van der Waals surface area contributed by atoms with Crippen molar-refractivity contribution in [3.63, 3.8) is 0 Å². The molecule has 1 saturated heterocycles. The summed E-state index contributed by atoms with van der Waals surface area (Å²) in [5.74, 6) is -0.177. The molecule has 0 radical (unpaired) electrons. The van der Waals surface area contributed by atoms with Crippen molar-refractivity contribution >= 4 is 34.0 Å². The summed E-state index contributed by atoms with van der Waals surface area (Å²) < 4.78 is 6.27. The zero-order chi connectivity index (χ0) is 18.4. The lowest BCUT2D eigenvalue weighted by atomic mass is 9.82. The number of benzene rings is 1. The average molecular weight is 380 g/mol. The molecule has 138 valence electrons. The summed E-state index contributed by atoms with van der Waals surface area (Å²) in [6.07, 6.45) is 2.80. The second-order valence-electron chi connectivity index (χ2n) is 7.19. The third kappa shape index (κ3) is 2.71. The van der Waals surface area contributed by atoms with Crippen LogP contribution in [0, 0.1) is 0 Å². The molecule has 1 aromatic carbocycles. The zero-order valence-corrected chi connectivity index (χ0v) is 15.7.